The van der Waals surface area contributed by atoms with Crippen molar-refractivity contribution in [1.82, 2.24) is 9.97 Å². The Hall–Kier alpha value is -2.69. The minimum Gasteiger partial charge on any atom is -0.377 e. The van der Waals surface area contributed by atoms with Gasteiger partial charge < -0.3 is 18.9 Å². The molecule has 11 heteroatoms. The summed E-state index contributed by atoms with van der Waals surface area (Å²) < 4.78 is 24.4. The summed E-state index contributed by atoms with van der Waals surface area (Å²) in [6, 6.07) is 16.4. The molecule has 6 atom stereocenters. The number of azide groups is 1. The predicted molar refractivity (Wildman–Crippen MR) is 131 cm³/mol. The molecule has 0 bridgehead atoms. The highest BCUT2D eigenvalue weighted by atomic mass is 35.5. The molecule has 0 N–H and O–H groups in total. The second-order valence-corrected chi connectivity index (χ2v) is 9.53. The molecule has 9 nitrogen and oxygen atoms in total. The van der Waals surface area contributed by atoms with Crippen LogP contribution >= 0.6 is 23.4 Å². The van der Waals surface area contributed by atoms with Crippen molar-refractivity contribution >= 4 is 23.4 Å². The molecular formula is C24H22ClN5O4S. The number of halogens is 1. The number of hydrogen-bond donors (Lipinski definition) is 0. The Morgan fingerprint density at radius 2 is 1.97 bits per heavy atom. The largest absolute Gasteiger partial charge is 0.377 e. The molecule has 0 radical (unpaired) electrons. The fourth-order valence-electron chi connectivity index (χ4n) is 4.21. The molecule has 0 saturated carbocycles. The summed E-state index contributed by atoms with van der Waals surface area (Å²) in [5.74, 6) is 0. The number of methoxy groups -OCH3 is 1. The maximum Gasteiger partial charge on any atom is 0.184 e. The van der Waals surface area contributed by atoms with Crippen molar-refractivity contribution in [2.75, 3.05) is 13.7 Å². The van der Waals surface area contributed by atoms with E-state index in [4.69, 9.17) is 30.5 Å². The molecule has 0 spiro atoms. The van der Waals surface area contributed by atoms with Gasteiger partial charge in [-0.1, -0.05) is 64.9 Å². The lowest BCUT2D eigenvalue weighted by Gasteiger charge is -2.47. The molecule has 0 aliphatic carbocycles. The van der Waals surface area contributed by atoms with Crippen molar-refractivity contribution in [1.29, 1.82) is 0 Å². The average molecular weight is 512 g/mol. The van der Waals surface area contributed by atoms with Crippen LogP contribution in [0, 0.1) is 0 Å². The van der Waals surface area contributed by atoms with Gasteiger partial charge in [-0.25, -0.2) is 0 Å². The zero-order valence-corrected chi connectivity index (χ0v) is 20.2. The standard InChI is InChI=1S/C24H22ClN5O4S/c1-31-22-20(29-30-26)21-17(13-32-23(34-21)14-7-3-2-4-8-14)33-24(22)35-18-11-15(25)12-28-19(18)16-9-5-6-10-27-16/h2-12,17,20-24H,13H2,1H3/t17?,20-,21-,22?,23?,24+/m0/s1. The molecule has 180 valence electrons. The Balaban J connectivity index is 1.44. The minimum atomic E-state index is -0.637. The SMILES string of the molecule is COC1[C@@H](Sc2cc(Cl)cnc2-c2ccccn2)OC2COC(c3ccccc3)O[C@@H]2[C@@H]1N=[N+]=[N-]. The number of fused-ring (bicyclic) bond motifs is 1. The van der Waals surface area contributed by atoms with Gasteiger partial charge in [0.25, 0.3) is 0 Å². The predicted octanol–water partition coefficient (Wildman–Crippen LogP) is 5.42. The van der Waals surface area contributed by atoms with Crippen LogP contribution < -0.4 is 0 Å². The smallest absolute Gasteiger partial charge is 0.184 e. The molecule has 2 saturated heterocycles. The van der Waals surface area contributed by atoms with Crippen LogP contribution in [0.1, 0.15) is 11.9 Å². The molecule has 1 aromatic carbocycles. The first-order valence-corrected chi connectivity index (χ1v) is 12.2. The van der Waals surface area contributed by atoms with E-state index < -0.39 is 36.1 Å². The lowest BCUT2D eigenvalue weighted by atomic mass is 9.96. The monoisotopic (exact) mass is 511 g/mol. The summed E-state index contributed by atoms with van der Waals surface area (Å²) in [6.07, 6.45) is 1.10. The molecular weight excluding hydrogens is 490 g/mol. The molecule has 4 heterocycles. The minimum absolute atomic E-state index is 0.274. The fourth-order valence-corrected chi connectivity index (χ4v) is 5.76. The molecule has 2 aliphatic heterocycles. The number of aromatic nitrogens is 2. The van der Waals surface area contributed by atoms with Crippen molar-refractivity contribution in [3.63, 3.8) is 0 Å². The molecule has 35 heavy (non-hydrogen) atoms. The van der Waals surface area contributed by atoms with Crippen LogP contribution in [0.15, 0.2) is 77.0 Å². The Morgan fingerprint density at radius 1 is 1.14 bits per heavy atom. The van der Waals surface area contributed by atoms with Crippen LogP contribution in [0.5, 0.6) is 0 Å². The topological polar surface area (TPSA) is 111 Å². The number of ether oxygens (including phenoxy) is 4. The van der Waals surface area contributed by atoms with Crippen molar-refractivity contribution in [3.8, 4) is 11.4 Å². The molecule has 2 fully saturated rings. The summed E-state index contributed by atoms with van der Waals surface area (Å²) in [7, 11) is 1.56. The third-order valence-electron chi connectivity index (χ3n) is 5.81. The zero-order valence-electron chi connectivity index (χ0n) is 18.7. The Kier molecular flexibility index (Phi) is 7.50. The summed E-state index contributed by atoms with van der Waals surface area (Å²) in [5, 5.41) is 4.55. The van der Waals surface area contributed by atoms with E-state index in [9.17, 15) is 5.53 Å². The lowest BCUT2D eigenvalue weighted by Crippen LogP contribution is -2.60. The summed E-state index contributed by atoms with van der Waals surface area (Å²) >= 11 is 7.67. The van der Waals surface area contributed by atoms with Crippen LogP contribution in [-0.2, 0) is 18.9 Å². The van der Waals surface area contributed by atoms with E-state index in [1.54, 1.807) is 19.5 Å². The van der Waals surface area contributed by atoms with E-state index in [1.807, 2.05) is 54.6 Å². The zero-order chi connectivity index (χ0) is 24.2. The van der Waals surface area contributed by atoms with E-state index in [2.05, 4.69) is 20.0 Å². The van der Waals surface area contributed by atoms with Gasteiger partial charge in [0.15, 0.2) is 6.29 Å². The number of nitrogens with zero attached hydrogens (tertiary/aromatic N) is 5. The molecule has 5 rings (SSSR count). The van der Waals surface area contributed by atoms with Gasteiger partial charge in [0, 0.05) is 34.9 Å². The molecule has 3 aromatic rings. The summed E-state index contributed by atoms with van der Waals surface area (Å²) in [4.78, 5) is 12.8. The molecule has 2 aliphatic rings. The maximum absolute atomic E-state index is 9.34. The number of thioether (sulfide) groups is 1. The van der Waals surface area contributed by atoms with Crippen LogP contribution in [0.4, 0.5) is 0 Å². The van der Waals surface area contributed by atoms with E-state index >= 15 is 0 Å². The third-order valence-corrected chi connectivity index (χ3v) is 7.19. The van der Waals surface area contributed by atoms with E-state index in [0.717, 1.165) is 10.5 Å². The average Bonchev–Trinajstić information content (AvgIpc) is 2.90. The molecule has 2 aromatic heterocycles. The first kappa shape index (κ1) is 24.0. The fraction of sp³-hybridized carbons (Fsp3) is 0.333. The molecule has 0 amide bonds. The first-order chi connectivity index (χ1) is 17.2. The quantitative estimate of drug-likeness (QED) is 0.246. The lowest BCUT2D eigenvalue weighted by molar-refractivity contribution is -0.298. The van der Waals surface area contributed by atoms with Crippen molar-refractivity contribution in [2.24, 2.45) is 5.11 Å². The number of rotatable bonds is 6. The third kappa shape index (κ3) is 5.14. The van der Waals surface area contributed by atoms with Gasteiger partial charge in [0.05, 0.1) is 23.4 Å². The first-order valence-electron chi connectivity index (χ1n) is 11.0. The number of benzene rings is 1. The van der Waals surface area contributed by atoms with Gasteiger partial charge in [0.2, 0.25) is 0 Å². The normalized spacial score (nSPS) is 28.1. The van der Waals surface area contributed by atoms with E-state index in [1.165, 1.54) is 11.8 Å². The summed E-state index contributed by atoms with van der Waals surface area (Å²) in [5.41, 5.74) is 11.0. The van der Waals surface area contributed by atoms with Gasteiger partial charge in [-0.15, -0.1) is 0 Å². The second-order valence-electron chi connectivity index (χ2n) is 7.95. The van der Waals surface area contributed by atoms with Crippen molar-refractivity contribution in [3.05, 3.63) is 88.0 Å². The maximum atomic E-state index is 9.34. The van der Waals surface area contributed by atoms with Crippen molar-refractivity contribution in [2.45, 2.75) is 41.0 Å². The number of hydrogen-bond acceptors (Lipinski definition) is 8. The van der Waals surface area contributed by atoms with Crippen LogP contribution in [0.3, 0.4) is 0 Å². The van der Waals surface area contributed by atoms with Crippen LogP contribution in [0.25, 0.3) is 21.8 Å². The molecule has 3 unspecified atom stereocenters. The summed E-state index contributed by atoms with van der Waals surface area (Å²) in [6.45, 7) is 0.274. The van der Waals surface area contributed by atoms with Gasteiger partial charge in [-0.2, -0.15) is 0 Å². The van der Waals surface area contributed by atoms with Gasteiger partial charge >= 0.3 is 0 Å². The Bertz CT molecular complexity index is 1200. The Morgan fingerprint density at radius 3 is 2.71 bits per heavy atom. The number of pyridine rings is 2. The van der Waals surface area contributed by atoms with E-state index in [0.29, 0.717) is 16.4 Å². The van der Waals surface area contributed by atoms with E-state index in [-0.39, 0.29) is 6.61 Å². The highest BCUT2D eigenvalue weighted by Gasteiger charge is 2.50. The highest BCUT2D eigenvalue weighted by Crippen LogP contribution is 2.43. The van der Waals surface area contributed by atoms with Gasteiger partial charge in [-0.3, -0.25) is 9.97 Å². The Labute approximate surface area is 211 Å². The second kappa shape index (κ2) is 10.9. The highest BCUT2D eigenvalue weighted by molar-refractivity contribution is 8.00. The van der Waals surface area contributed by atoms with Gasteiger partial charge in [-0.05, 0) is 23.7 Å². The van der Waals surface area contributed by atoms with Crippen molar-refractivity contribution < 1.29 is 18.9 Å². The van der Waals surface area contributed by atoms with Crippen LogP contribution in [0.2, 0.25) is 5.02 Å². The van der Waals surface area contributed by atoms with Gasteiger partial charge in [0.1, 0.15) is 29.4 Å². The van der Waals surface area contributed by atoms with Crippen LogP contribution in [-0.4, -0.2) is 53.5 Å².